The number of Topliss-reactive ketones (excluding diaryl/α,β-unsaturated/α-hetero) is 2. The number of aryl methyl sites for hydroxylation is 2. The standard InChI is InChI=1S/C24H35N3O7.C12H18N2O4.C12H19NO4/c1-7-24(2,3)21(29)23(31)27-12-8-9-16(27)22(30)26-25-19(28)11-10-15-13-17(32-4)20(34-6)18(14-15)33-5;1-16-9-6-8(4-5-11(15)14-13)7-10(17-2)12(9)18-3;1-4-12(2,3)9(14)10(15)13-7-5-6-8(13)11(16)17/h13-14,16H,7-12H2,1-6H3,(H,25,28)(H,26,30);6-7H,4-5,13H2,1-3H3,(H,14,15);8H,4-7H2,1-3H3,(H,16,17)/t16-;;8-/m0.0/s1. The summed E-state index contributed by atoms with van der Waals surface area (Å²) in [6.45, 7) is 11.2. The van der Waals surface area contributed by atoms with Crippen LogP contribution >= 0.6 is 0 Å². The fourth-order valence-electron chi connectivity index (χ4n) is 7.13. The van der Waals surface area contributed by atoms with Crippen LogP contribution in [0.15, 0.2) is 24.3 Å². The number of amides is 5. The average Bonchev–Trinajstić information content (AvgIpc) is 4.07. The molecule has 4 rings (SSSR count). The van der Waals surface area contributed by atoms with Crippen LogP contribution in [0, 0.1) is 10.8 Å². The number of carboxylic acids is 1. The second-order valence-corrected chi connectivity index (χ2v) is 17.5. The molecule has 384 valence electrons. The van der Waals surface area contributed by atoms with Crippen molar-refractivity contribution < 1.29 is 71.9 Å². The highest BCUT2D eigenvalue weighted by atomic mass is 16.5. The monoisotopic (exact) mass is 973 g/mol. The van der Waals surface area contributed by atoms with Crippen LogP contribution in [0.5, 0.6) is 34.5 Å². The Kier molecular flexibility index (Phi) is 23.2. The molecule has 5 amide bonds. The van der Waals surface area contributed by atoms with Crippen molar-refractivity contribution in [1.29, 1.82) is 0 Å². The molecule has 69 heavy (non-hydrogen) atoms. The van der Waals surface area contributed by atoms with Crippen LogP contribution in [-0.2, 0) is 51.2 Å². The molecule has 6 N–H and O–H groups in total. The van der Waals surface area contributed by atoms with E-state index in [1.165, 1.54) is 31.1 Å². The minimum absolute atomic E-state index is 0.0927. The van der Waals surface area contributed by atoms with E-state index in [9.17, 15) is 38.4 Å². The largest absolute Gasteiger partial charge is 0.493 e. The van der Waals surface area contributed by atoms with Crippen molar-refractivity contribution in [1.82, 2.24) is 26.1 Å². The van der Waals surface area contributed by atoms with Gasteiger partial charge in [-0.15, -0.1) is 0 Å². The van der Waals surface area contributed by atoms with Gasteiger partial charge in [-0.05, 0) is 86.8 Å². The van der Waals surface area contributed by atoms with Gasteiger partial charge in [0.05, 0.1) is 42.7 Å². The lowest BCUT2D eigenvalue weighted by molar-refractivity contribution is -0.154. The second-order valence-electron chi connectivity index (χ2n) is 17.5. The van der Waals surface area contributed by atoms with Crippen LogP contribution in [0.2, 0.25) is 0 Å². The third kappa shape index (κ3) is 16.0. The molecule has 2 aromatic rings. The predicted molar refractivity (Wildman–Crippen MR) is 253 cm³/mol. The van der Waals surface area contributed by atoms with Crippen molar-refractivity contribution in [2.24, 2.45) is 16.7 Å². The van der Waals surface area contributed by atoms with Crippen molar-refractivity contribution in [3.63, 3.8) is 0 Å². The fourth-order valence-corrected chi connectivity index (χ4v) is 7.13. The molecule has 21 heteroatoms. The summed E-state index contributed by atoms with van der Waals surface area (Å²) in [6.07, 6.45) is 4.49. The normalized spacial score (nSPS) is 15.2. The first-order chi connectivity index (χ1) is 32.6. The lowest BCUT2D eigenvalue weighted by Crippen LogP contribution is -2.53. The number of carbonyl (C=O) groups is 8. The molecule has 2 aromatic carbocycles. The van der Waals surface area contributed by atoms with E-state index in [0.717, 1.165) is 11.1 Å². The summed E-state index contributed by atoms with van der Waals surface area (Å²) in [7, 11) is 9.17. The Bertz CT molecular complexity index is 2090. The Balaban J connectivity index is 0.000000392. The molecule has 2 aliphatic rings. The third-order valence-corrected chi connectivity index (χ3v) is 12.2. The maximum Gasteiger partial charge on any atom is 0.326 e. The van der Waals surface area contributed by atoms with Crippen molar-refractivity contribution >= 4 is 47.1 Å². The highest BCUT2D eigenvalue weighted by Gasteiger charge is 2.42. The Morgan fingerprint density at radius 3 is 1.29 bits per heavy atom. The van der Waals surface area contributed by atoms with Crippen LogP contribution < -0.4 is 50.5 Å². The lowest BCUT2D eigenvalue weighted by atomic mass is 9.84. The molecule has 0 spiro atoms. The molecule has 2 heterocycles. The molecule has 2 atom stereocenters. The van der Waals surface area contributed by atoms with E-state index >= 15 is 0 Å². The van der Waals surface area contributed by atoms with E-state index in [2.05, 4.69) is 16.3 Å². The number of ketones is 2. The van der Waals surface area contributed by atoms with E-state index in [1.807, 2.05) is 26.0 Å². The minimum atomic E-state index is -1.03. The van der Waals surface area contributed by atoms with Gasteiger partial charge in [0.15, 0.2) is 23.0 Å². The van der Waals surface area contributed by atoms with Crippen LogP contribution in [-0.4, -0.2) is 130 Å². The van der Waals surface area contributed by atoms with Gasteiger partial charge in [0.25, 0.3) is 17.7 Å². The second kappa shape index (κ2) is 27.4. The number of nitrogens with zero attached hydrogens (tertiary/aromatic N) is 2. The number of hydrazine groups is 2. The van der Waals surface area contributed by atoms with Crippen LogP contribution in [0.1, 0.15) is 104 Å². The maximum atomic E-state index is 12.7. The fraction of sp³-hybridized carbons (Fsp3) is 0.583. The summed E-state index contributed by atoms with van der Waals surface area (Å²) in [5, 5.41) is 8.97. The van der Waals surface area contributed by atoms with E-state index in [0.29, 0.717) is 105 Å². The van der Waals surface area contributed by atoms with Gasteiger partial charge in [-0.3, -0.25) is 49.8 Å². The number of rotatable bonds is 20. The van der Waals surface area contributed by atoms with Crippen LogP contribution in [0.25, 0.3) is 0 Å². The molecule has 0 aromatic heterocycles. The van der Waals surface area contributed by atoms with Gasteiger partial charge in [-0.1, -0.05) is 41.5 Å². The summed E-state index contributed by atoms with van der Waals surface area (Å²) in [4.78, 5) is 98.7. The number of nitrogens with two attached hydrogens (primary N) is 1. The zero-order chi connectivity index (χ0) is 52.2. The summed E-state index contributed by atoms with van der Waals surface area (Å²) in [5.41, 5.74) is 7.06. The van der Waals surface area contributed by atoms with Crippen molar-refractivity contribution in [2.75, 3.05) is 55.7 Å². The quantitative estimate of drug-likeness (QED) is 0.0550. The molecule has 0 saturated carbocycles. The molecule has 21 nitrogen and oxygen atoms in total. The number of benzene rings is 2. The summed E-state index contributed by atoms with van der Waals surface area (Å²) < 4.78 is 31.6. The van der Waals surface area contributed by atoms with Gasteiger partial charge in [0.1, 0.15) is 12.1 Å². The third-order valence-electron chi connectivity index (χ3n) is 12.2. The number of likely N-dealkylation sites (tertiary alicyclic amines) is 2. The number of methoxy groups -OCH3 is 6. The SMILES string of the molecule is CCC(C)(C)C(=O)C(=O)N1CCC[C@H]1C(=O)NNC(=O)CCc1cc(OC)c(OC)c(OC)c1.CCC(C)(C)C(=O)C(=O)N1CCC[C@H]1C(=O)O.COc1cc(CCC(=O)NN)cc(OC)c1OC. The van der Waals surface area contributed by atoms with Gasteiger partial charge in [0, 0.05) is 36.8 Å². The predicted octanol–water partition coefficient (Wildman–Crippen LogP) is 3.49. The molecule has 2 aliphatic heterocycles. The molecular weight excluding hydrogens is 901 g/mol. The van der Waals surface area contributed by atoms with Crippen LogP contribution in [0.3, 0.4) is 0 Å². The lowest BCUT2D eigenvalue weighted by Gasteiger charge is -2.27. The van der Waals surface area contributed by atoms with Crippen molar-refractivity contribution in [3.05, 3.63) is 35.4 Å². The van der Waals surface area contributed by atoms with Crippen molar-refractivity contribution in [2.45, 2.75) is 118 Å². The summed E-state index contributed by atoms with van der Waals surface area (Å²) >= 11 is 0. The Morgan fingerprint density at radius 2 is 0.957 bits per heavy atom. The van der Waals surface area contributed by atoms with E-state index in [4.69, 9.17) is 39.4 Å². The number of aliphatic carboxylic acids is 1. The van der Waals surface area contributed by atoms with Crippen molar-refractivity contribution in [3.8, 4) is 34.5 Å². The minimum Gasteiger partial charge on any atom is -0.493 e. The Hall–Kier alpha value is -6.64. The summed E-state index contributed by atoms with van der Waals surface area (Å²) in [6, 6.07) is 5.50. The molecular formula is C48H72N6O15. The van der Waals surface area contributed by atoms with Gasteiger partial charge >= 0.3 is 5.97 Å². The molecule has 0 unspecified atom stereocenters. The smallest absolute Gasteiger partial charge is 0.326 e. The Morgan fingerprint density at radius 1 is 0.594 bits per heavy atom. The summed E-state index contributed by atoms with van der Waals surface area (Å²) in [5.74, 6) is 3.65. The van der Waals surface area contributed by atoms with E-state index in [1.54, 1.807) is 61.2 Å². The van der Waals surface area contributed by atoms with Crippen LogP contribution in [0.4, 0.5) is 0 Å². The maximum absolute atomic E-state index is 12.7. The number of nitrogens with one attached hydrogen (secondary N) is 3. The van der Waals surface area contributed by atoms with Gasteiger partial charge in [-0.25, -0.2) is 10.6 Å². The topological polar surface area (TPSA) is 281 Å². The van der Waals surface area contributed by atoms with E-state index in [-0.39, 0.29) is 12.3 Å². The van der Waals surface area contributed by atoms with Gasteiger partial charge in [0.2, 0.25) is 34.9 Å². The number of ether oxygens (including phenoxy) is 6. The molecule has 0 bridgehead atoms. The number of hydrogen-bond donors (Lipinski definition) is 5. The molecule has 0 radical (unpaired) electrons. The number of carboxylic acid groups (broad SMARTS) is 1. The molecule has 0 aliphatic carbocycles. The zero-order valence-electron chi connectivity index (χ0n) is 42.1. The number of hydrogen-bond acceptors (Lipinski definition) is 15. The van der Waals surface area contributed by atoms with Gasteiger partial charge in [-0.2, -0.15) is 0 Å². The first kappa shape index (κ1) is 58.5. The Labute approximate surface area is 404 Å². The first-order valence-corrected chi connectivity index (χ1v) is 22.7. The zero-order valence-corrected chi connectivity index (χ0v) is 42.1. The highest BCUT2D eigenvalue weighted by molar-refractivity contribution is 6.38. The number of carbonyl (C=O) groups excluding carboxylic acids is 7. The molecule has 2 saturated heterocycles. The average molecular weight is 973 g/mol. The van der Waals surface area contributed by atoms with E-state index < -0.39 is 64.1 Å². The first-order valence-electron chi connectivity index (χ1n) is 22.7. The molecule has 2 fully saturated rings. The van der Waals surface area contributed by atoms with Gasteiger partial charge < -0.3 is 43.3 Å². The highest BCUT2D eigenvalue weighted by Crippen LogP contribution is 2.39.